The molecule has 2 heterocycles. The number of nitrogens with one attached hydrogen (secondary N) is 1. The first-order valence-corrected chi connectivity index (χ1v) is 11.0. The molecule has 2 rings (SSSR count). The number of nitrogens with zero attached hydrogens (tertiary/aromatic N) is 2. The third-order valence-electron chi connectivity index (χ3n) is 5.71. The van der Waals surface area contributed by atoms with Gasteiger partial charge in [0.05, 0.1) is 18.2 Å². The van der Waals surface area contributed by atoms with E-state index in [0.717, 1.165) is 26.1 Å². The molecule has 7 heteroatoms. The average molecular weight is 412 g/mol. The Balaban J connectivity index is 1.96. The molecule has 0 aromatic carbocycles. The summed E-state index contributed by atoms with van der Waals surface area (Å²) in [6, 6.07) is -0.166. The van der Waals surface area contributed by atoms with Crippen LogP contribution in [0.15, 0.2) is 0 Å². The Kier molecular flexibility index (Phi) is 7.96. The van der Waals surface area contributed by atoms with Crippen LogP contribution < -0.4 is 5.32 Å². The van der Waals surface area contributed by atoms with E-state index in [4.69, 9.17) is 9.47 Å². The summed E-state index contributed by atoms with van der Waals surface area (Å²) in [5.41, 5.74) is -0.515. The molecule has 7 nitrogen and oxygen atoms in total. The van der Waals surface area contributed by atoms with Crippen LogP contribution in [-0.4, -0.2) is 77.9 Å². The highest BCUT2D eigenvalue weighted by atomic mass is 16.6. The highest BCUT2D eigenvalue weighted by Crippen LogP contribution is 2.25. The molecule has 2 fully saturated rings. The van der Waals surface area contributed by atoms with Crippen molar-refractivity contribution in [2.45, 2.75) is 91.7 Å². The molecule has 2 amide bonds. The van der Waals surface area contributed by atoms with Gasteiger partial charge in [-0.2, -0.15) is 0 Å². The fourth-order valence-electron chi connectivity index (χ4n) is 4.50. The molecule has 0 aliphatic carbocycles. The fourth-order valence-corrected chi connectivity index (χ4v) is 4.50. The van der Waals surface area contributed by atoms with E-state index in [9.17, 15) is 9.59 Å². The molecule has 0 saturated carbocycles. The van der Waals surface area contributed by atoms with Crippen LogP contribution in [0.25, 0.3) is 0 Å². The Hall–Kier alpha value is -1.34. The first kappa shape index (κ1) is 23.9. The number of carbonyl (C=O) groups excluding carboxylic acids is 2. The second-order valence-electron chi connectivity index (χ2n) is 10.2. The van der Waals surface area contributed by atoms with Gasteiger partial charge in [0.25, 0.3) is 0 Å². The lowest BCUT2D eigenvalue weighted by Gasteiger charge is -2.42. The van der Waals surface area contributed by atoms with Crippen molar-refractivity contribution in [1.29, 1.82) is 0 Å². The van der Waals surface area contributed by atoms with Crippen molar-refractivity contribution >= 4 is 12.0 Å². The van der Waals surface area contributed by atoms with Crippen LogP contribution >= 0.6 is 0 Å². The molecular weight excluding hydrogens is 370 g/mol. The zero-order valence-electron chi connectivity index (χ0n) is 19.5. The molecule has 0 radical (unpaired) electrons. The maximum absolute atomic E-state index is 13.4. The van der Waals surface area contributed by atoms with Crippen molar-refractivity contribution in [3.63, 3.8) is 0 Å². The minimum atomic E-state index is -0.515. The van der Waals surface area contributed by atoms with E-state index < -0.39 is 11.7 Å². The minimum absolute atomic E-state index is 0.0384. The summed E-state index contributed by atoms with van der Waals surface area (Å²) in [7, 11) is 0. The first-order chi connectivity index (χ1) is 13.4. The van der Waals surface area contributed by atoms with E-state index in [0.29, 0.717) is 6.54 Å². The summed E-state index contributed by atoms with van der Waals surface area (Å²) >= 11 is 0. The number of likely N-dealkylation sites (tertiary alicyclic amines) is 1. The number of rotatable bonds is 5. The van der Waals surface area contributed by atoms with Gasteiger partial charge in [0.1, 0.15) is 5.60 Å². The van der Waals surface area contributed by atoms with Crippen molar-refractivity contribution < 1.29 is 19.1 Å². The summed E-state index contributed by atoms with van der Waals surface area (Å²) in [4.78, 5) is 29.8. The second kappa shape index (κ2) is 9.65. The summed E-state index contributed by atoms with van der Waals surface area (Å²) in [5, 5.41) is 2.94. The maximum atomic E-state index is 13.4. The van der Waals surface area contributed by atoms with Crippen molar-refractivity contribution in [1.82, 2.24) is 15.1 Å². The van der Waals surface area contributed by atoms with Crippen LogP contribution in [-0.2, 0) is 14.3 Å². The molecule has 2 saturated heterocycles. The van der Waals surface area contributed by atoms with Gasteiger partial charge in [-0.15, -0.1) is 0 Å². The number of morpholine rings is 1. The Labute approximate surface area is 176 Å². The number of carbonyl (C=O) groups is 2. The van der Waals surface area contributed by atoms with Crippen LogP contribution in [0.3, 0.4) is 0 Å². The molecular formula is C22H41N3O4. The molecule has 0 aromatic rings. The van der Waals surface area contributed by atoms with Gasteiger partial charge in [-0.1, -0.05) is 13.8 Å². The van der Waals surface area contributed by atoms with Crippen LogP contribution in [0.4, 0.5) is 4.79 Å². The summed E-state index contributed by atoms with van der Waals surface area (Å²) in [6.07, 6.45) is 0.768. The zero-order chi connectivity index (χ0) is 21.9. The number of alkyl carbamates (subject to hydrolysis) is 1. The topological polar surface area (TPSA) is 71.1 Å². The lowest BCUT2D eigenvalue weighted by molar-refractivity contribution is -0.144. The Bertz CT molecular complexity index is 565. The molecule has 29 heavy (non-hydrogen) atoms. The standard InChI is InChI=1S/C22H41N3O4/c1-14(2)19(25-11-15(3)28-16(4)12-25)20(26)24-10-9-18(13-24)17(5)23-21(27)29-22(6,7)8/h14-19H,9-13H2,1-8H3,(H,23,27)/t15-,16+,17-,18-,19-/m0/s1. The third kappa shape index (κ3) is 6.85. The highest BCUT2D eigenvalue weighted by Gasteiger charge is 2.39. The monoisotopic (exact) mass is 411 g/mol. The molecule has 168 valence electrons. The third-order valence-corrected chi connectivity index (χ3v) is 5.71. The lowest BCUT2D eigenvalue weighted by Crippen LogP contribution is -2.57. The number of hydrogen-bond acceptors (Lipinski definition) is 5. The summed E-state index contributed by atoms with van der Waals surface area (Å²) in [5.74, 6) is 0.673. The first-order valence-electron chi connectivity index (χ1n) is 11.0. The number of amides is 2. The second-order valence-corrected chi connectivity index (χ2v) is 10.2. The zero-order valence-corrected chi connectivity index (χ0v) is 19.5. The lowest BCUT2D eigenvalue weighted by atomic mass is 9.98. The molecule has 0 aromatic heterocycles. The SMILES string of the molecule is CC(C)[C@@H](C(=O)N1CC[C@H]([C@H](C)NC(=O)OC(C)(C)C)C1)N1C[C@@H](C)O[C@@H](C)C1. The number of ether oxygens (including phenoxy) is 2. The molecule has 0 bridgehead atoms. The van der Waals surface area contributed by atoms with Gasteiger partial charge in [-0.25, -0.2) is 4.79 Å². The predicted octanol–water partition coefficient (Wildman–Crippen LogP) is 2.88. The van der Waals surface area contributed by atoms with E-state index in [1.807, 2.05) is 32.6 Å². The van der Waals surface area contributed by atoms with Crippen molar-refractivity contribution in [2.75, 3.05) is 26.2 Å². The predicted molar refractivity (Wildman–Crippen MR) is 114 cm³/mol. The van der Waals surface area contributed by atoms with E-state index in [1.54, 1.807) is 0 Å². The largest absolute Gasteiger partial charge is 0.444 e. The molecule has 0 spiro atoms. The molecule has 2 aliphatic heterocycles. The average Bonchev–Trinajstić information content (AvgIpc) is 3.01. The Morgan fingerprint density at radius 3 is 2.17 bits per heavy atom. The van der Waals surface area contributed by atoms with Gasteiger partial charge >= 0.3 is 6.09 Å². The van der Waals surface area contributed by atoms with Crippen molar-refractivity contribution in [3.8, 4) is 0 Å². The quantitative estimate of drug-likeness (QED) is 0.753. The molecule has 0 unspecified atom stereocenters. The van der Waals surface area contributed by atoms with Gasteiger partial charge in [0, 0.05) is 32.2 Å². The van der Waals surface area contributed by atoms with Crippen LogP contribution in [0.5, 0.6) is 0 Å². The van der Waals surface area contributed by atoms with Crippen molar-refractivity contribution in [2.24, 2.45) is 11.8 Å². The highest BCUT2D eigenvalue weighted by molar-refractivity contribution is 5.82. The summed E-state index contributed by atoms with van der Waals surface area (Å²) < 4.78 is 11.2. The van der Waals surface area contributed by atoms with Gasteiger partial charge < -0.3 is 19.7 Å². The maximum Gasteiger partial charge on any atom is 0.407 e. The molecule has 1 N–H and O–H groups in total. The van der Waals surface area contributed by atoms with Gasteiger partial charge in [-0.3, -0.25) is 9.69 Å². The van der Waals surface area contributed by atoms with Crippen LogP contribution in [0, 0.1) is 11.8 Å². The molecule has 5 atom stereocenters. The van der Waals surface area contributed by atoms with E-state index in [1.165, 1.54) is 0 Å². The van der Waals surface area contributed by atoms with E-state index in [2.05, 4.69) is 37.9 Å². The van der Waals surface area contributed by atoms with Crippen LogP contribution in [0.2, 0.25) is 0 Å². The minimum Gasteiger partial charge on any atom is -0.444 e. The number of hydrogen-bond donors (Lipinski definition) is 1. The Morgan fingerprint density at radius 2 is 1.66 bits per heavy atom. The smallest absolute Gasteiger partial charge is 0.407 e. The van der Waals surface area contributed by atoms with Gasteiger partial charge in [-0.05, 0) is 59.8 Å². The normalized spacial score (nSPS) is 28.3. The summed E-state index contributed by atoms with van der Waals surface area (Å²) in [6.45, 7) is 18.9. The van der Waals surface area contributed by atoms with Crippen LogP contribution in [0.1, 0.15) is 61.8 Å². The fraction of sp³-hybridized carbons (Fsp3) is 0.909. The van der Waals surface area contributed by atoms with Gasteiger partial charge in [0.2, 0.25) is 5.91 Å². The van der Waals surface area contributed by atoms with E-state index in [-0.39, 0.29) is 42.0 Å². The van der Waals surface area contributed by atoms with E-state index >= 15 is 0 Å². The molecule has 2 aliphatic rings. The van der Waals surface area contributed by atoms with Crippen molar-refractivity contribution in [3.05, 3.63) is 0 Å². The Morgan fingerprint density at radius 1 is 1.07 bits per heavy atom. The van der Waals surface area contributed by atoms with Gasteiger partial charge in [0.15, 0.2) is 0 Å².